The summed E-state index contributed by atoms with van der Waals surface area (Å²) >= 11 is 0. The molecule has 1 N–H and O–H groups in total. The van der Waals surface area contributed by atoms with E-state index >= 15 is 0 Å². The van der Waals surface area contributed by atoms with Crippen LogP contribution in [0, 0.1) is 11.3 Å². The molecular formula is C11H17N3O2. The van der Waals surface area contributed by atoms with Gasteiger partial charge in [0.05, 0.1) is 18.7 Å². The molecule has 88 valence electrons. The van der Waals surface area contributed by atoms with Gasteiger partial charge < -0.3 is 10.1 Å². The van der Waals surface area contributed by atoms with Gasteiger partial charge in [0.2, 0.25) is 5.91 Å². The van der Waals surface area contributed by atoms with Crippen molar-refractivity contribution < 1.29 is 9.53 Å². The lowest BCUT2D eigenvalue weighted by molar-refractivity contribution is -0.128. The molecular weight excluding hydrogens is 206 g/mol. The van der Waals surface area contributed by atoms with Crippen molar-refractivity contribution in [2.75, 3.05) is 19.7 Å². The third-order valence-corrected chi connectivity index (χ3v) is 3.09. The fourth-order valence-electron chi connectivity index (χ4n) is 1.81. The first kappa shape index (κ1) is 11.4. The molecule has 2 rings (SSSR count). The fourth-order valence-corrected chi connectivity index (χ4v) is 1.81. The Labute approximate surface area is 95.4 Å². The Morgan fingerprint density at radius 1 is 1.62 bits per heavy atom. The second kappa shape index (κ2) is 4.81. The zero-order chi connectivity index (χ0) is 11.5. The van der Waals surface area contributed by atoms with Gasteiger partial charge in [0, 0.05) is 19.1 Å². The number of nitriles is 1. The summed E-state index contributed by atoms with van der Waals surface area (Å²) in [7, 11) is 0. The zero-order valence-electron chi connectivity index (χ0n) is 9.48. The molecule has 1 heterocycles. The summed E-state index contributed by atoms with van der Waals surface area (Å²) in [6.07, 6.45) is 1.80. The van der Waals surface area contributed by atoms with E-state index in [1.54, 1.807) is 0 Å². The maximum absolute atomic E-state index is 11.8. The van der Waals surface area contributed by atoms with E-state index in [0.29, 0.717) is 19.2 Å². The van der Waals surface area contributed by atoms with Gasteiger partial charge in [0.25, 0.3) is 0 Å². The Morgan fingerprint density at radius 3 is 3.00 bits per heavy atom. The first-order chi connectivity index (χ1) is 7.70. The van der Waals surface area contributed by atoms with Crippen LogP contribution in [0.5, 0.6) is 0 Å². The quantitative estimate of drug-likeness (QED) is 0.724. The second-order valence-electron chi connectivity index (χ2n) is 4.44. The number of nitrogens with one attached hydrogen (secondary N) is 1. The highest BCUT2D eigenvalue weighted by molar-refractivity contribution is 5.81. The van der Waals surface area contributed by atoms with Gasteiger partial charge in [-0.2, -0.15) is 5.26 Å². The molecule has 0 bridgehead atoms. The average molecular weight is 223 g/mol. The van der Waals surface area contributed by atoms with Gasteiger partial charge in [-0.15, -0.1) is 0 Å². The van der Waals surface area contributed by atoms with E-state index in [1.807, 2.05) is 11.8 Å². The van der Waals surface area contributed by atoms with Crippen molar-refractivity contribution in [3.05, 3.63) is 0 Å². The highest BCUT2D eigenvalue weighted by Crippen LogP contribution is 2.19. The van der Waals surface area contributed by atoms with Crippen LogP contribution in [0.15, 0.2) is 0 Å². The van der Waals surface area contributed by atoms with Crippen molar-refractivity contribution in [2.45, 2.75) is 38.0 Å². The van der Waals surface area contributed by atoms with Crippen molar-refractivity contribution in [1.82, 2.24) is 10.2 Å². The highest BCUT2D eigenvalue weighted by atomic mass is 16.5. The van der Waals surface area contributed by atoms with Crippen LogP contribution in [0.3, 0.4) is 0 Å². The van der Waals surface area contributed by atoms with Gasteiger partial charge in [-0.3, -0.25) is 9.69 Å². The van der Waals surface area contributed by atoms with Crippen molar-refractivity contribution >= 4 is 5.91 Å². The molecule has 1 saturated heterocycles. The van der Waals surface area contributed by atoms with Crippen molar-refractivity contribution in [1.29, 1.82) is 5.26 Å². The number of rotatable bonds is 3. The third kappa shape index (κ3) is 2.71. The summed E-state index contributed by atoms with van der Waals surface area (Å²) in [6.45, 7) is 3.66. The molecule has 16 heavy (non-hydrogen) atoms. The number of carbonyl (C=O) groups excluding carboxylic acids is 1. The molecule has 1 aliphatic carbocycles. The molecule has 0 spiro atoms. The van der Waals surface area contributed by atoms with Crippen LogP contribution in [0.1, 0.15) is 19.8 Å². The minimum Gasteiger partial charge on any atom is -0.361 e. The number of morpholine rings is 1. The van der Waals surface area contributed by atoms with Gasteiger partial charge in [-0.25, -0.2) is 0 Å². The number of hydrogen-bond donors (Lipinski definition) is 1. The van der Waals surface area contributed by atoms with E-state index in [1.165, 1.54) is 0 Å². The molecule has 2 aliphatic rings. The topological polar surface area (TPSA) is 65.4 Å². The molecule has 2 unspecified atom stereocenters. The Kier molecular flexibility index (Phi) is 3.42. The summed E-state index contributed by atoms with van der Waals surface area (Å²) in [5.41, 5.74) is 0. The molecule has 0 radical (unpaired) electrons. The van der Waals surface area contributed by atoms with Crippen molar-refractivity contribution in [2.24, 2.45) is 0 Å². The number of ether oxygens (including phenoxy) is 1. The number of amides is 1. The van der Waals surface area contributed by atoms with Gasteiger partial charge in [0.15, 0.2) is 6.10 Å². The van der Waals surface area contributed by atoms with Crippen molar-refractivity contribution in [3.63, 3.8) is 0 Å². The fraction of sp³-hybridized carbons (Fsp3) is 0.818. The minimum absolute atomic E-state index is 0.0705. The van der Waals surface area contributed by atoms with E-state index in [2.05, 4.69) is 11.4 Å². The molecule has 5 nitrogen and oxygen atoms in total. The molecule has 1 saturated carbocycles. The molecule has 0 aromatic carbocycles. The number of carbonyl (C=O) groups is 1. The van der Waals surface area contributed by atoms with E-state index in [0.717, 1.165) is 19.4 Å². The van der Waals surface area contributed by atoms with Crippen LogP contribution in [-0.4, -0.2) is 48.7 Å². The van der Waals surface area contributed by atoms with Crippen LogP contribution in [0.4, 0.5) is 0 Å². The predicted molar refractivity (Wildman–Crippen MR) is 57.6 cm³/mol. The first-order valence-electron chi connectivity index (χ1n) is 5.76. The molecule has 5 heteroatoms. The number of hydrogen-bond acceptors (Lipinski definition) is 4. The summed E-state index contributed by atoms with van der Waals surface area (Å²) < 4.78 is 5.25. The molecule has 0 aromatic rings. The maximum atomic E-state index is 11.8. The molecule has 1 amide bonds. The average Bonchev–Trinajstić information content (AvgIpc) is 3.12. The maximum Gasteiger partial charge on any atom is 0.237 e. The van der Waals surface area contributed by atoms with Gasteiger partial charge >= 0.3 is 0 Å². The molecule has 1 aliphatic heterocycles. The van der Waals surface area contributed by atoms with E-state index in [4.69, 9.17) is 10.00 Å². The summed E-state index contributed by atoms with van der Waals surface area (Å²) in [6, 6.07) is 2.31. The smallest absolute Gasteiger partial charge is 0.237 e. The van der Waals surface area contributed by atoms with E-state index in [-0.39, 0.29) is 11.9 Å². The Morgan fingerprint density at radius 2 is 2.38 bits per heavy atom. The summed E-state index contributed by atoms with van der Waals surface area (Å²) in [5.74, 6) is 0.0705. The van der Waals surface area contributed by atoms with Gasteiger partial charge in [0.1, 0.15) is 0 Å². The van der Waals surface area contributed by atoms with Crippen LogP contribution in [-0.2, 0) is 9.53 Å². The van der Waals surface area contributed by atoms with Crippen LogP contribution in [0.2, 0.25) is 0 Å². The lowest BCUT2D eigenvalue weighted by atomic mass is 10.2. The standard InChI is InChI=1S/C11H17N3O2/c1-8(11(15)13-9-2-3-9)14-4-5-16-10(6-12)7-14/h8-10H,2-5,7H2,1H3,(H,13,15). The first-order valence-corrected chi connectivity index (χ1v) is 5.76. The van der Waals surface area contributed by atoms with Gasteiger partial charge in [-0.05, 0) is 19.8 Å². The third-order valence-electron chi connectivity index (χ3n) is 3.09. The monoisotopic (exact) mass is 223 g/mol. The Hall–Kier alpha value is -1.12. The van der Waals surface area contributed by atoms with Crippen LogP contribution < -0.4 is 5.32 Å². The number of nitrogens with zero attached hydrogens (tertiary/aromatic N) is 2. The predicted octanol–water partition coefficient (Wildman–Crippen LogP) is -0.122. The Balaban J connectivity index is 1.85. The molecule has 2 fully saturated rings. The largest absolute Gasteiger partial charge is 0.361 e. The lowest BCUT2D eigenvalue weighted by Crippen LogP contribution is -2.52. The SMILES string of the molecule is CC(C(=O)NC1CC1)N1CCOC(C#N)C1. The summed E-state index contributed by atoms with van der Waals surface area (Å²) in [4.78, 5) is 13.8. The van der Waals surface area contributed by atoms with E-state index < -0.39 is 6.10 Å². The minimum atomic E-state index is -0.398. The summed E-state index contributed by atoms with van der Waals surface area (Å²) in [5, 5.41) is 11.8. The van der Waals surface area contributed by atoms with Crippen molar-refractivity contribution in [3.8, 4) is 6.07 Å². The van der Waals surface area contributed by atoms with Gasteiger partial charge in [-0.1, -0.05) is 0 Å². The molecule has 2 atom stereocenters. The molecule has 0 aromatic heterocycles. The van der Waals surface area contributed by atoms with Crippen LogP contribution in [0.25, 0.3) is 0 Å². The second-order valence-corrected chi connectivity index (χ2v) is 4.44. The highest BCUT2D eigenvalue weighted by Gasteiger charge is 2.31. The Bertz CT molecular complexity index is 309. The zero-order valence-corrected chi connectivity index (χ0v) is 9.48. The van der Waals surface area contributed by atoms with E-state index in [9.17, 15) is 4.79 Å². The normalized spacial score (nSPS) is 28.1. The van der Waals surface area contributed by atoms with Crippen LogP contribution >= 0.6 is 0 Å². The lowest BCUT2D eigenvalue weighted by Gasteiger charge is -2.33.